The van der Waals surface area contributed by atoms with Gasteiger partial charge in [0.05, 0.1) is 10.7 Å². The lowest BCUT2D eigenvalue weighted by Gasteiger charge is -2.38. The highest BCUT2D eigenvalue weighted by Crippen LogP contribution is 2.36. The summed E-state index contributed by atoms with van der Waals surface area (Å²) < 4.78 is 1.80. The van der Waals surface area contributed by atoms with Gasteiger partial charge in [-0.2, -0.15) is 5.10 Å². The highest BCUT2D eigenvalue weighted by molar-refractivity contribution is 7.09. The van der Waals surface area contributed by atoms with Gasteiger partial charge in [-0.3, -0.25) is 9.48 Å². The topological polar surface area (TPSA) is 51.0 Å². The van der Waals surface area contributed by atoms with E-state index in [1.807, 2.05) is 36.4 Å². The predicted molar refractivity (Wildman–Crippen MR) is 87.0 cm³/mol. The molecule has 1 amide bonds. The minimum Gasteiger partial charge on any atom is -0.341 e. The van der Waals surface area contributed by atoms with E-state index in [1.165, 1.54) is 5.01 Å². The second kappa shape index (κ2) is 5.83. The molecule has 0 bridgehead atoms. The van der Waals surface area contributed by atoms with Gasteiger partial charge in [-0.25, -0.2) is 4.98 Å². The second-order valence-corrected chi connectivity index (χ2v) is 7.26. The maximum atomic E-state index is 12.5. The predicted octanol–water partition coefficient (Wildman–Crippen LogP) is 2.54. The molecule has 0 N–H and O–H groups in total. The van der Waals surface area contributed by atoms with Crippen LogP contribution in [-0.4, -0.2) is 38.7 Å². The van der Waals surface area contributed by atoms with E-state index < -0.39 is 0 Å². The molecule has 0 unspecified atom stereocenters. The number of hydrogen-bond donors (Lipinski definition) is 0. The van der Waals surface area contributed by atoms with Crippen molar-refractivity contribution >= 4 is 17.2 Å². The number of rotatable bonds is 3. The van der Waals surface area contributed by atoms with Gasteiger partial charge in [0.25, 0.3) is 0 Å². The molecule has 118 valence electrons. The van der Waals surface area contributed by atoms with Crippen LogP contribution in [0.15, 0.2) is 17.6 Å². The fourth-order valence-electron chi connectivity index (χ4n) is 3.05. The standard InChI is InChI=1S/C16H22N4OS/c1-12-10-13(2)20(18-12)11-14(21)19-7-4-16(3,5-8-19)15-17-6-9-22-15/h6,9-10H,4-5,7-8,11H2,1-3H3. The summed E-state index contributed by atoms with van der Waals surface area (Å²) in [7, 11) is 0. The van der Waals surface area contributed by atoms with Crippen LogP contribution >= 0.6 is 11.3 Å². The van der Waals surface area contributed by atoms with Crippen molar-refractivity contribution in [1.82, 2.24) is 19.7 Å². The van der Waals surface area contributed by atoms with Crippen molar-refractivity contribution in [2.24, 2.45) is 0 Å². The average Bonchev–Trinajstić information content (AvgIpc) is 3.10. The monoisotopic (exact) mass is 318 g/mol. The van der Waals surface area contributed by atoms with E-state index in [4.69, 9.17) is 0 Å². The number of nitrogens with zero attached hydrogens (tertiary/aromatic N) is 4. The van der Waals surface area contributed by atoms with Gasteiger partial charge >= 0.3 is 0 Å². The number of aryl methyl sites for hydroxylation is 2. The van der Waals surface area contributed by atoms with Crippen LogP contribution in [0.25, 0.3) is 0 Å². The molecule has 0 radical (unpaired) electrons. The Bertz CT molecular complexity index is 654. The molecule has 22 heavy (non-hydrogen) atoms. The number of thiazole rings is 1. The number of hydrogen-bond acceptors (Lipinski definition) is 4. The summed E-state index contributed by atoms with van der Waals surface area (Å²) >= 11 is 1.72. The van der Waals surface area contributed by atoms with E-state index >= 15 is 0 Å². The van der Waals surface area contributed by atoms with Crippen molar-refractivity contribution in [1.29, 1.82) is 0 Å². The van der Waals surface area contributed by atoms with Crippen LogP contribution in [-0.2, 0) is 16.8 Å². The summed E-state index contributed by atoms with van der Waals surface area (Å²) in [5.41, 5.74) is 2.11. The van der Waals surface area contributed by atoms with Gasteiger partial charge < -0.3 is 4.90 Å². The smallest absolute Gasteiger partial charge is 0.244 e. The Hall–Kier alpha value is -1.69. The Morgan fingerprint density at radius 3 is 2.64 bits per heavy atom. The molecule has 1 aliphatic rings. The molecule has 0 atom stereocenters. The molecule has 1 aliphatic heterocycles. The summed E-state index contributed by atoms with van der Waals surface area (Å²) in [6, 6.07) is 2.00. The first-order valence-electron chi connectivity index (χ1n) is 7.67. The lowest BCUT2D eigenvalue weighted by molar-refractivity contribution is -0.133. The Balaban J connectivity index is 1.61. The van der Waals surface area contributed by atoms with Crippen LogP contribution < -0.4 is 0 Å². The van der Waals surface area contributed by atoms with Crippen molar-refractivity contribution in [2.45, 2.75) is 45.6 Å². The van der Waals surface area contributed by atoms with Crippen LogP contribution in [0, 0.1) is 13.8 Å². The van der Waals surface area contributed by atoms with Gasteiger partial charge in [-0.05, 0) is 32.8 Å². The molecule has 2 aromatic rings. The Morgan fingerprint density at radius 1 is 1.36 bits per heavy atom. The fraction of sp³-hybridized carbons (Fsp3) is 0.562. The van der Waals surface area contributed by atoms with Crippen LogP contribution in [0.1, 0.15) is 36.2 Å². The zero-order valence-electron chi connectivity index (χ0n) is 13.4. The van der Waals surface area contributed by atoms with E-state index in [-0.39, 0.29) is 11.3 Å². The van der Waals surface area contributed by atoms with Gasteiger partial charge in [-0.1, -0.05) is 6.92 Å². The first-order chi connectivity index (χ1) is 10.5. The van der Waals surface area contributed by atoms with E-state index in [0.29, 0.717) is 6.54 Å². The molecule has 1 saturated heterocycles. The summed E-state index contributed by atoms with van der Waals surface area (Å²) in [6.07, 6.45) is 3.82. The van der Waals surface area contributed by atoms with Crippen molar-refractivity contribution in [2.75, 3.05) is 13.1 Å². The molecule has 3 heterocycles. The van der Waals surface area contributed by atoms with Crippen molar-refractivity contribution < 1.29 is 4.79 Å². The maximum absolute atomic E-state index is 12.5. The van der Waals surface area contributed by atoms with E-state index in [9.17, 15) is 4.79 Å². The van der Waals surface area contributed by atoms with Crippen LogP contribution in [0.2, 0.25) is 0 Å². The minimum atomic E-state index is 0.114. The van der Waals surface area contributed by atoms with E-state index in [0.717, 1.165) is 37.3 Å². The molecule has 0 saturated carbocycles. The lowest BCUT2D eigenvalue weighted by atomic mass is 9.81. The normalized spacial score (nSPS) is 17.7. The zero-order chi connectivity index (χ0) is 15.7. The Morgan fingerprint density at radius 2 is 2.09 bits per heavy atom. The molecule has 0 aromatic carbocycles. The zero-order valence-corrected chi connectivity index (χ0v) is 14.2. The fourth-order valence-corrected chi connectivity index (χ4v) is 3.91. The van der Waals surface area contributed by atoms with Gasteiger partial charge in [0.2, 0.25) is 5.91 Å². The van der Waals surface area contributed by atoms with Crippen LogP contribution in [0.3, 0.4) is 0 Å². The van der Waals surface area contributed by atoms with Gasteiger partial charge in [0, 0.05) is 35.8 Å². The summed E-state index contributed by atoms with van der Waals surface area (Å²) in [4.78, 5) is 18.9. The number of carbonyl (C=O) groups excluding carboxylic acids is 1. The second-order valence-electron chi connectivity index (χ2n) is 6.36. The first-order valence-corrected chi connectivity index (χ1v) is 8.55. The molecule has 0 spiro atoms. The van der Waals surface area contributed by atoms with Crippen LogP contribution in [0.5, 0.6) is 0 Å². The number of likely N-dealkylation sites (tertiary alicyclic amines) is 1. The Kier molecular flexibility index (Phi) is 4.04. The van der Waals surface area contributed by atoms with Crippen LogP contribution in [0.4, 0.5) is 0 Å². The maximum Gasteiger partial charge on any atom is 0.244 e. The summed E-state index contributed by atoms with van der Waals surface area (Å²) in [6.45, 7) is 8.14. The lowest BCUT2D eigenvalue weighted by Crippen LogP contribution is -2.45. The van der Waals surface area contributed by atoms with E-state index in [1.54, 1.807) is 16.0 Å². The molecular formula is C16H22N4OS. The molecule has 3 rings (SSSR count). The Labute approximate surface area is 135 Å². The third kappa shape index (κ3) is 2.92. The third-order valence-corrected chi connectivity index (χ3v) is 5.64. The SMILES string of the molecule is Cc1cc(C)n(CC(=O)N2CCC(C)(c3nccs3)CC2)n1. The molecule has 2 aromatic heterocycles. The summed E-state index contributed by atoms with van der Waals surface area (Å²) in [5.74, 6) is 0.160. The summed E-state index contributed by atoms with van der Waals surface area (Å²) in [5, 5.41) is 7.60. The van der Waals surface area contributed by atoms with Crippen molar-refractivity contribution in [3.63, 3.8) is 0 Å². The first kappa shape index (κ1) is 15.2. The number of amides is 1. The average molecular weight is 318 g/mol. The molecular weight excluding hydrogens is 296 g/mol. The molecule has 0 aliphatic carbocycles. The van der Waals surface area contributed by atoms with Gasteiger partial charge in [0.15, 0.2) is 0 Å². The van der Waals surface area contributed by atoms with Gasteiger partial charge in [0.1, 0.15) is 6.54 Å². The number of piperidine rings is 1. The quantitative estimate of drug-likeness (QED) is 0.874. The highest BCUT2D eigenvalue weighted by Gasteiger charge is 2.35. The van der Waals surface area contributed by atoms with Gasteiger partial charge in [-0.15, -0.1) is 11.3 Å². The van der Waals surface area contributed by atoms with E-state index in [2.05, 4.69) is 17.0 Å². The van der Waals surface area contributed by atoms with Crippen molar-refractivity contribution in [3.8, 4) is 0 Å². The largest absolute Gasteiger partial charge is 0.341 e. The van der Waals surface area contributed by atoms with Crippen molar-refractivity contribution in [3.05, 3.63) is 34.0 Å². The molecule has 5 nitrogen and oxygen atoms in total. The number of aromatic nitrogens is 3. The molecule has 6 heteroatoms. The minimum absolute atomic E-state index is 0.114. The molecule has 1 fully saturated rings. The highest BCUT2D eigenvalue weighted by atomic mass is 32.1. The number of carbonyl (C=O) groups is 1. The third-order valence-electron chi connectivity index (χ3n) is 4.56.